The Kier molecular flexibility index (Phi) is 6.32. The molecule has 120 valence electrons. The van der Waals surface area contributed by atoms with Crippen LogP contribution in [-0.4, -0.2) is 30.2 Å². The van der Waals surface area contributed by atoms with E-state index in [1.54, 1.807) is 0 Å². The van der Waals surface area contributed by atoms with Crippen LogP contribution in [0, 0.1) is 0 Å². The van der Waals surface area contributed by atoms with Gasteiger partial charge in [0, 0.05) is 12.1 Å². The van der Waals surface area contributed by atoms with Gasteiger partial charge in [0.1, 0.15) is 6.10 Å². The first-order chi connectivity index (χ1) is 11.2. The summed E-state index contributed by atoms with van der Waals surface area (Å²) in [7, 11) is 0. The Bertz CT molecular complexity index is 642. The van der Waals surface area contributed by atoms with Gasteiger partial charge in [0.25, 0.3) is 0 Å². The number of benzene rings is 2. The smallest absolute Gasteiger partial charge is 0.344 e. The number of carbonyl (C=O) groups is 1. The third kappa shape index (κ3) is 5.23. The van der Waals surface area contributed by atoms with E-state index in [9.17, 15) is 4.79 Å². The summed E-state index contributed by atoms with van der Waals surface area (Å²) in [5.74, 6) is 0.248. The van der Waals surface area contributed by atoms with Gasteiger partial charge in [-0.3, -0.25) is 0 Å². The van der Waals surface area contributed by atoms with E-state index in [0.29, 0.717) is 0 Å². The predicted octanol–water partition coefficient (Wildman–Crippen LogP) is 2.91. The second-order valence-electron chi connectivity index (χ2n) is 4.91. The number of carbonyl (C=O) groups excluding carboxylic acids is 1. The van der Waals surface area contributed by atoms with Crippen LogP contribution in [-0.2, 0) is 4.74 Å². The van der Waals surface area contributed by atoms with Gasteiger partial charge in [0.15, 0.2) is 0 Å². The van der Waals surface area contributed by atoms with E-state index in [1.807, 2.05) is 67.6 Å². The maximum absolute atomic E-state index is 11.8. The van der Waals surface area contributed by atoms with E-state index >= 15 is 0 Å². The van der Waals surface area contributed by atoms with Crippen molar-refractivity contribution in [1.29, 1.82) is 0 Å². The second kappa shape index (κ2) is 8.70. The third-order valence-electron chi connectivity index (χ3n) is 3.17. The van der Waals surface area contributed by atoms with Crippen LogP contribution in [0.1, 0.15) is 24.2 Å². The van der Waals surface area contributed by atoms with E-state index in [1.165, 1.54) is 0 Å². The lowest BCUT2D eigenvalue weighted by Gasteiger charge is -2.16. The number of hydrogen-bond acceptors (Lipinski definition) is 3. The highest BCUT2D eigenvalue weighted by Crippen LogP contribution is 2.18. The van der Waals surface area contributed by atoms with E-state index in [4.69, 9.17) is 9.84 Å². The second-order valence-corrected chi connectivity index (χ2v) is 4.91. The molecule has 0 aliphatic carbocycles. The van der Waals surface area contributed by atoms with Gasteiger partial charge in [-0.05, 0) is 24.6 Å². The number of nitrogens with zero attached hydrogens (tertiary/aromatic N) is 1. The molecule has 0 aromatic heterocycles. The number of aliphatic hydroxyl groups is 1. The van der Waals surface area contributed by atoms with Crippen LogP contribution >= 0.6 is 0 Å². The highest BCUT2D eigenvalue weighted by Gasteiger charge is 2.13. The molecule has 1 atom stereocenters. The van der Waals surface area contributed by atoms with Crippen LogP contribution in [0.3, 0.4) is 0 Å². The van der Waals surface area contributed by atoms with Crippen molar-refractivity contribution < 1.29 is 14.6 Å². The molecule has 5 nitrogen and oxygen atoms in total. The Morgan fingerprint density at radius 3 is 2.35 bits per heavy atom. The first-order valence-corrected chi connectivity index (χ1v) is 7.45. The number of rotatable bonds is 5. The summed E-state index contributed by atoms with van der Waals surface area (Å²) in [4.78, 5) is 15.8. The zero-order valence-electron chi connectivity index (χ0n) is 13.0. The van der Waals surface area contributed by atoms with E-state index in [0.717, 1.165) is 11.1 Å². The highest BCUT2D eigenvalue weighted by molar-refractivity contribution is 6.01. The molecule has 1 unspecified atom stereocenters. The Hall–Kier alpha value is -2.66. The molecule has 2 aromatic carbocycles. The summed E-state index contributed by atoms with van der Waals surface area (Å²) >= 11 is 0. The van der Waals surface area contributed by atoms with Gasteiger partial charge in [-0.15, -0.1) is 0 Å². The van der Waals surface area contributed by atoms with Gasteiger partial charge in [0.05, 0.1) is 6.61 Å². The molecule has 5 heteroatoms. The number of amides is 2. The van der Waals surface area contributed by atoms with E-state index < -0.39 is 6.03 Å². The fourth-order valence-electron chi connectivity index (χ4n) is 1.99. The number of nitrogens with one attached hydrogen (secondary N) is 1. The largest absolute Gasteiger partial charge is 0.469 e. The molecule has 0 radical (unpaired) electrons. The maximum atomic E-state index is 11.8. The molecule has 0 saturated heterocycles. The van der Waals surface area contributed by atoms with E-state index in [-0.39, 0.29) is 25.2 Å². The number of ether oxygens (including phenoxy) is 1. The Balaban J connectivity index is 2.20. The summed E-state index contributed by atoms with van der Waals surface area (Å²) in [6.07, 6.45) is -0.249. The Labute approximate surface area is 135 Å². The topological polar surface area (TPSA) is 70.9 Å². The molecule has 23 heavy (non-hydrogen) atoms. The van der Waals surface area contributed by atoms with Gasteiger partial charge in [-0.2, -0.15) is 4.99 Å². The summed E-state index contributed by atoms with van der Waals surface area (Å²) in [6, 6.07) is 18.4. The maximum Gasteiger partial charge on any atom is 0.344 e. The number of hydrogen-bond donors (Lipinski definition) is 2. The van der Waals surface area contributed by atoms with Gasteiger partial charge >= 0.3 is 6.03 Å². The molecule has 0 aliphatic rings. The SMILES string of the molecule is CC(O/C(=N\C(=O)NCCO)c1ccccc1)c1ccccc1. The van der Waals surface area contributed by atoms with Crippen LogP contribution in [0.2, 0.25) is 0 Å². The van der Waals surface area contributed by atoms with Crippen molar-refractivity contribution in [1.82, 2.24) is 5.32 Å². The van der Waals surface area contributed by atoms with E-state index in [2.05, 4.69) is 10.3 Å². The Morgan fingerprint density at radius 1 is 1.13 bits per heavy atom. The van der Waals surface area contributed by atoms with Crippen LogP contribution in [0.4, 0.5) is 4.79 Å². The van der Waals surface area contributed by atoms with Gasteiger partial charge in [-0.25, -0.2) is 4.79 Å². The Morgan fingerprint density at radius 2 is 1.74 bits per heavy atom. The van der Waals surface area contributed by atoms with Crippen molar-refractivity contribution in [2.24, 2.45) is 4.99 Å². The fourth-order valence-corrected chi connectivity index (χ4v) is 1.99. The summed E-state index contributed by atoms with van der Waals surface area (Å²) in [5.41, 5.74) is 1.71. The molecule has 2 rings (SSSR count). The number of aliphatic imine (C=N–C) groups is 1. The van der Waals surface area contributed by atoms with Gasteiger partial charge in [0.2, 0.25) is 5.90 Å². The van der Waals surface area contributed by atoms with Gasteiger partial charge < -0.3 is 15.2 Å². The monoisotopic (exact) mass is 312 g/mol. The van der Waals surface area contributed by atoms with Crippen molar-refractivity contribution in [3.05, 3.63) is 71.8 Å². The molecule has 0 bridgehead atoms. The van der Waals surface area contributed by atoms with Gasteiger partial charge in [-0.1, -0.05) is 48.5 Å². The van der Waals surface area contributed by atoms with Crippen molar-refractivity contribution in [3.63, 3.8) is 0 Å². The highest BCUT2D eigenvalue weighted by atomic mass is 16.5. The minimum atomic E-state index is -0.543. The lowest BCUT2D eigenvalue weighted by molar-refractivity contribution is 0.210. The van der Waals surface area contributed by atoms with Crippen molar-refractivity contribution >= 4 is 11.9 Å². The minimum absolute atomic E-state index is 0.136. The molecule has 0 aliphatic heterocycles. The third-order valence-corrected chi connectivity index (χ3v) is 3.17. The molecule has 0 spiro atoms. The molecule has 0 heterocycles. The zero-order chi connectivity index (χ0) is 16.5. The molecule has 0 saturated carbocycles. The molecule has 2 amide bonds. The molecule has 2 N–H and O–H groups in total. The van der Waals surface area contributed by atoms with Crippen molar-refractivity contribution in [2.45, 2.75) is 13.0 Å². The molecule has 0 fully saturated rings. The standard InChI is InChI=1S/C18H20N2O3/c1-14(15-8-4-2-5-9-15)23-17(16-10-6-3-7-11-16)20-18(22)19-12-13-21/h2-11,14,21H,12-13H2,1H3,(H,19,22)/b20-17-. The average Bonchev–Trinajstić information content (AvgIpc) is 2.61. The lowest BCUT2D eigenvalue weighted by Crippen LogP contribution is -2.25. The normalized spacial score (nSPS) is 12.5. The average molecular weight is 312 g/mol. The van der Waals surface area contributed by atoms with Crippen LogP contribution in [0.25, 0.3) is 0 Å². The zero-order valence-corrected chi connectivity index (χ0v) is 13.0. The molecular weight excluding hydrogens is 292 g/mol. The first-order valence-electron chi connectivity index (χ1n) is 7.45. The van der Waals surface area contributed by atoms with Crippen LogP contribution in [0.15, 0.2) is 65.7 Å². The van der Waals surface area contributed by atoms with Crippen molar-refractivity contribution in [3.8, 4) is 0 Å². The van der Waals surface area contributed by atoms with Crippen LogP contribution in [0.5, 0.6) is 0 Å². The predicted molar refractivity (Wildman–Crippen MR) is 89.4 cm³/mol. The summed E-state index contributed by atoms with van der Waals surface area (Å²) in [6.45, 7) is 1.92. The minimum Gasteiger partial charge on any atom is -0.469 e. The quantitative estimate of drug-likeness (QED) is 0.659. The molecule has 2 aromatic rings. The van der Waals surface area contributed by atoms with Crippen LogP contribution < -0.4 is 5.32 Å². The molecular formula is C18H20N2O3. The fraction of sp³-hybridized carbons (Fsp3) is 0.222. The van der Waals surface area contributed by atoms with Crippen molar-refractivity contribution in [2.75, 3.05) is 13.2 Å². The summed E-state index contributed by atoms with van der Waals surface area (Å²) < 4.78 is 5.90. The summed E-state index contributed by atoms with van der Waals surface area (Å²) in [5, 5.41) is 11.3. The number of aliphatic hydroxyl groups excluding tert-OH is 1. The first kappa shape index (κ1) is 16.7. The number of urea groups is 1. The lowest BCUT2D eigenvalue weighted by atomic mass is 10.1.